The zero-order chi connectivity index (χ0) is 12.8. The molecule has 0 aliphatic heterocycles. The average molecular weight is 245 g/mol. The summed E-state index contributed by atoms with van der Waals surface area (Å²) in [6, 6.07) is 10.5. The zero-order valence-corrected chi connectivity index (χ0v) is 10.8. The first-order valence-electron chi connectivity index (χ1n) is 6.19. The first-order chi connectivity index (χ1) is 8.83. The second-order valence-corrected chi connectivity index (χ2v) is 4.20. The van der Waals surface area contributed by atoms with Crippen LogP contribution in [0.15, 0.2) is 42.7 Å². The van der Waals surface area contributed by atoms with Crippen molar-refractivity contribution >= 4 is 5.69 Å². The van der Waals surface area contributed by atoms with Gasteiger partial charge in [-0.1, -0.05) is 6.92 Å². The number of anilines is 1. The second kappa shape index (κ2) is 6.21. The van der Waals surface area contributed by atoms with E-state index in [1.807, 2.05) is 16.9 Å². The number of aromatic nitrogens is 2. The number of nitrogens with zero attached hydrogens (tertiary/aromatic N) is 2. The van der Waals surface area contributed by atoms with Crippen molar-refractivity contribution in [3.05, 3.63) is 42.7 Å². The molecule has 4 heteroatoms. The lowest BCUT2D eigenvalue weighted by molar-refractivity contribution is 0.184. The van der Waals surface area contributed by atoms with E-state index in [2.05, 4.69) is 41.6 Å². The molecule has 0 spiro atoms. The summed E-state index contributed by atoms with van der Waals surface area (Å²) in [4.78, 5) is 0. The maximum absolute atomic E-state index is 5.17. The molecule has 96 valence electrons. The smallest absolute Gasteiger partial charge is 0.0663 e. The molecule has 1 aromatic carbocycles. The summed E-state index contributed by atoms with van der Waals surface area (Å²) in [5, 5.41) is 7.65. The van der Waals surface area contributed by atoms with Gasteiger partial charge in [-0.3, -0.25) is 0 Å². The quantitative estimate of drug-likeness (QED) is 0.850. The Hall–Kier alpha value is -1.81. The van der Waals surface area contributed by atoms with E-state index in [-0.39, 0.29) is 0 Å². The number of hydrogen-bond acceptors (Lipinski definition) is 3. The van der Waals surface area contributed by atoms with Crippen molar-refractivity contribution in [2.24, 2.45) is 0 Å². The molecule has 18 heavy (non-hydrogen) atoms. The highest BCUT2D eigenvalue weighted by Crippen LogP contribution is 2.14. The molecule has 0 bridgehead atoms. The van der Waals surface area contributed by atoms with Gasteiger partial charge in [0.15, 0.2) is 0 Å². The third kappa shape index (κ3) is 3.11. The van der Waals surface area contributed by atoms with Crippen LogP contribution in [0.25, 0.3) is 5.69 Å². The predicted octanol–water partition coefficient (Wildman–Crippen LogP) is 2.71. The fourth-order valence-corrected chi connectivity index (χ4v) is 1.83. The summed E-state index contributed by atoms with van der Waals surface area (Å²) in [5.41, 5.74) is 2.17. The molecule has 4 nitrogen and oxygen atoms in total. The fraction of sp³-hybridized carbons (Fsp3) is 0.357. The Bertz CT molecular complexity index is 450. The van der Waals surface area contributed by atoms with Crippen LogP contribution in [0, 0.1) is 0 Å². The lowest BCUT2D eigenvalue weighted by Gasteiger charge is -2.17. The van der Waals surface area contributed by atoms with Gasteiger partial charge in [0, 0.05) is 31.2 Å². The van der Waals surface area contributed by atoms with E-state index in [0.717, 1.165) is 24.4 Å². The van der Waals surface area contributed by atoms with Crippen LogP contribution in [0.1, 0.15) is 13.3 Å². The lowest BCUT2D eigenvalue weighted by Crippen LogP contribution is -2.23. The molecule has 2 rings (SSSR count). The largest absolute Gasteiger partial charge is 0.383 e. The molecule has 0 fully saturated rings. The van der Waals surface area contributed by atoms with Gasteiger partial charge in [0.25, 0.3) is 0 Å². The zero-order valence-electron chi connectivity index (χ0n) is 10.8. The molecule has 1 aromatic heterocycles. The third-order valence-corrected chi connectivity index (χ3v) is 2.87. The van der Waals surface area contributed by atoms with Gasteiger partial charge < -0.3 is 10.1 Å². The summed E-state index contributed by atoms with van der Waals surface area (Å²) in [6.45, 7) is 2.87. The van der Waals surface area contributed by atoms with E-state index in [1.54, 1.807) is 13.3 Å². The van der Waals surface area contributed by atoms with E-state index in [1.165, 1.54) is 0 Å². The predicted molar refractivity (Wildman–Crippen MR) is 73.1 cm³/mol. The molecular weight excluding hydrogens is 226 g/mol. The normalized spacial score (nSPS) is 12.3. The van der Waals surface area contributed by atoms with Gasteiger partial charge in [-0.2, -0.15) is 5.10 Å². The van der Waals surface area contributed by atoms with Gasteiger partial charge in [0.05, 0.1) is 12.3 Å². The van der Waals surface area contributed by atoms with Gasteiger partial charge >= 0.3 is 0 Å². The maximum atomic E-state index is 5.17. The SMILES string of the molecule is CCC(COC)Nc1ccc(-n2cccn2)cc1. The van der Waals surface area contributed by atoms with E-state index >= 15 is 0 Å². The van der Waals surface area contributed by atoms with Crippen LogP contribution in [-0.2, 0) is 4.74 Å². The summed E-state index contributed by atoms with van der Waals surface area (Å²) < 4.78 is 7.02. The number of methoxy groups -OCH3 is 1. The Morgan fingerprint density at radius 3 is 2.67 bits per heavy atom. The summed E-state index contributed by atoms with van der Waals surface area (Å²) in [7, 11) is 1.73. The first-order valence-corrected chi connectivity index (χ1v) is 6.19. The van der Waals surface area contributed by atoms with E-state index in [9.17, 15) is 0 Å². The first kappa shape index (κ1) is 12.6. The van der Waals surface area contributed by atoms with Gasteiger partial charge in [-0.25, -0.2) is 4.68 Å². The van der Waals surface area contributed by atoms with Crippen molar-refractivity contribution in [1.82, 2.24) is 9.78 Å². The molecule has 1 heterocycles. The number of rotatable bonds is 6. The Balaban J connectivity index is 2.03. The van der Waals surface area contributed by atoms with Gasteiger partial charge in [0.1, 0.15) is 0 Å². The molecule has 2 aromatic rings. The summed E-state index contributed by atoms with van der Waals surface area (Å²) in [6.07, 6.45) is 4.74. The summed E-state index contributed by atoms with van der Waals surface area (Å²) >= 11 is 0. The van der Waals surface area contributed by atoms with Crippen molar-refractivity contribution in [3.8, 4) is 5.69 Å². The Morgan fingerprint density at radius 1 is 1.33 bits per heavy atom. The minimum Gasteiger partial charge on any atom is -0.383 e. The monoisotopic (exact) mass is 245 g/mol. The van der Waals surface area contributed by atoms with Crippen molar-refractivity contribution in [2.75, 3.05) is 19.0 Å². The minimum atomic E-state index is 0.352. The summed E-state index contributed by atoms with van der Waals surface area (Å²) in [5.74, 6) is 0. The van der Waals surface area contributed by atoms with Crippen molar-refractivity contribution in [2.45, 2.75) is 19.4 Å². The highest BCUT2D eigenvalue weighted by molar-refractivity contribution is 5.49. The number of nitrogens with one attached hydrogen (secondary N) is 1. The second-order valence-electron chi connectivity index (χ2n) is 4.20. The lowest BCUT2D eigenvalue weighted by atomic mass is 10.2. The van der Waals surface area contributed by atoms with Crippen LogP contribution in [0.5, 0.6) is 0 Å². The van der Waals surface area contributed by atoms with Crippen LogP contribution in [0.3, 0.4) is 0 Å². The van der Waals surface area contributed by atoms with Crippen LogP contribution < -0.4 is 5.32 Å². The minimum absolute atomic E-state index is 0.352. The standard InChI is InChI=1S/C14H19N3O/c1-3-12(11-18-2)16-13-5-7-14(8-6-13)17-10-4-9-15-17/h4-10,12,16H,3,11H2,1-2H3. The van der Waals surface area contributed by atoms with E-state index < -0.39 is 0 Å². The molecule has 1 N–H and O–H groups in total. The molecule has 1 unspecified atom stereocenters. The molecule has 0 amide bonds. The molecule has 0 aliphatic carbocycles. The molecule has 0 aliphatic rings. The fourth-order valence-electron chi connectivity index (χ4n) is 1.83. The van der Waals surface area contributed by atoms with Crippen LogP contribution in [-0.4, -0.2) is 29.5 Å². The highest BCUT2D eigenvalue weighted by atomic mass is 16.5. The Kier molecular flexibility index (Phi) is 4.36. The molecule has 0 saturated carbocycles. The molecule has 1 atom stereocenters. The van der Waals surface area contributed by atoms with Gasteiger partial charge in [-0.15, -0.1) is 0 Å². The molecule has 0 radical (unpaired) electrons. The van der Waals surface area contributed by atoms with Crippen LogP contribution in [0.2, 0.25) is 0 Å². The number of hydrogen-bond donors (Lipinski definition) is 1. The topological polar surface area (TPSA) is 39.1 Å². The van der Waals surface area contributed by atoms with E-state index in [0.29, 0.717) is 6.04 Å². The van der Waals surface area contributed by atoms with Crippen LogP contribution in [0.4, 0.5) is 5.69 Å². The molecule has 0 saturated heterocycles. The molecular formula is C14H19N3O. The number of benzene rings is 1. The van der Waals surface area contributed by atoms with Gasteiger partial charge in [0.2, 0.25) is 0 Å². The Morgan fingerprint density at radius 2 is 2.11 bits per heavy atom. The third-order valence-electron chi connectivity index (χ3n) is 2.87. The number of ether oxygens (including phenoxy) is 1. The van der Waals surface area contributed by atoms with Gasteiger partial charge in [-0.05, 0) is 36.8 Å². The Labute approximate surface area is 108 Å². The van der Waals surface area contributed by atoms with E-state index in [4.69, 9.17) is 4.74 Å². The van der Waals surface area contributed by atoms with Crippen molar-refractivity contribution in [1.29, 1.82) is 0 Å². The van der Waals surface area contributed by atoms with Crippen molar-refractivity contribution in [3.63, 3.8) is 0 Å². The van der Waals surface area contributed by atoms with Crippen molar-refractivity contribution < 1.29 is 4.74 Å². The average Bonchev–Trinajstić information content (AvgIpc) is 2.93. The maximum Gasteiger partial charge on any atom is 0.0663 e. The highest BCUT2D eigenvalue weighted by Gasteiger charge is 2.05. The van der Waals surface area contributed by atoms with Crippen LogP contribution >= 0.6 is 0 Å².